The zero-order valence-electron chi connectivity index (χ0n) is 18.9. The molecule has 0 aliphatic carbocycles. The van der Waals surface area contributed by atoms with Crippen LogP contribution in [-0.2, 0) is 10.9 Å². The van der Waals surface area contributed by atoms with E-state index in [0.29, 0.717) is 34.5 Å². The fourth-order valence-corrected chi connectivity index (χ4v) is 5.34. The van der Waals surface area contributed by atoms with E-state index in [-0.39, 0.29) is 12.4 Å². The standard InChI is InChI=1S/C24H27O6S.ClH/c1-25-19-10-7-16(13-22(19)28-4)31(17-8-11-20(26-2)23(14-17)29-5)18-9-12-21(27-3)24(15-18)30-6;/h7-15H,1-6H3;1H/q+1;/p-1. The van der Waals surface area contributed by atoms with Crippen LogP contribution in [0.4, 0.5) is 0 Å². The average Bonchev–Trinajstić information content (AvgIpc) is 2.83. The predicted octanol–water partition coefficient (Wildman–Crippen LogP) is 1.84. The molecule has 3 rings (SSSR count). The van der Waals surface area contributed by atoms with Gasteiger partial charge in [-0.05, 0) is 36.4 Å². The lowest BCUT2D eigenvalue weighted by molar-refractivity contribution is -0.00000786. The summed E-state index contributed by atoms with van der Waals surface area (Å²) in [6.45, 7) is 0. The first-order valence-corrected chi connectivity index (χ1v) is 10.7. The van der Waals surface area contributed by atoms with Crippen molar-refractivity contribution in [1.82, 2.24) is 0 Å². The molecule has 0 N–H and O–H groups in total. The Kier molecular flexibility index (Phi) is 9.23. The van der Waals surface area contributed by atoms with Crippen molar-refractivity contribution in [2.45, 2.75) is 14.7 Å². The molecule has 0 amide bonds. The molecule has 0 saturated carbocycles. The maximum Gasteiger partial charge on any atom is 0.170 e. The van der Waals surface area contributed by atoms with Gasteiger partial charge in [-0.2, -0.15) is 0 Å². The summed E-state index contributed by atoms with van der Waals surface area (Å²) >= 11 is 0. The van der Waals surface area contributed by atoms with Crippen molar-refractivity contribution in [1.29, 1.82) is 0 Å². The van der Waals surface area contributed by atoms with Crippen molar-refractivity contribution in [3.63, 3.8) is 0 Å². The van der Waals surface area contributed by atoms with E-state index in [4.69, 9.17) is 28.4 Å². The maximum absolute atomic E-state index is 5.55. The zero-order chi connectivity index (χ0) is 22.4. The van der Waals surface area contributed by atoms with Gasteiger partial charge in [0.2, 0.25) is 0 Å². The molecule has 0 fully saturated rings. The molecule has 8 heteroatoms. The van der Waals surface area contributed by atoms with Gasteiger partial charge < -0.3 is 40.8 Å². The van der Waals surface area contributed by atoms with E-state index in [1.807, 2.05) is 54.6 Å². The minimum Gasteiger partial charge on any atom is -1.00 e. The monoisotopic (exact) mass is 478 g/mol. The first-order chi connectivity index (χ1) is 15.1. The Balaban J connectivity index is 0.00000363. The summed E-state index contributed by atoms with van der Waals surface area (Å²) in [5, 5.41) is 0. The van der Waals surface area contributed by atoms with E-state index in [0.717, 1.165) is 14.7 Å². The van der Waals surface area contributed by atoms with Gasteiger partial charge in [0.1, 0.15) is 0 Å². The summed E-state index contributed by atoms with van der Waals surface area (Å²) in [7, 11) is 9.28. The Morgan fingerprint density at radius 2 is 0.656 bits per heavy atom. The van der Waals surface area contributed by atoms with Crippen LogP contribution in [-0.4, -0.2) is 42.7 Å². The number of benzene rings is 3. The highest BCUT2D eigenvalue weighted by Crippen LogP contribution is 2.41. The fourth-order valence-electron chi connectivity index (χ4n) is 3.24. The van der Waals surface area contributed by atoms with E-state index in [1.165, 1.54) is 0 Å². The molecule has 0 aliphatic rings. The minimum absolute atomic E-state index is 0. The Labute approximate surface area is 198 Å². The van der Waals surface area contributed by atoms with Crippen LogP contribution < -0.4 is 40.8 Å². The van der Waals surface area contributed by atoms with Crippen LogP contribution in [0.1, 0.15) is 0 Å². The lowest BCUT2D eigenvalue weighted by atomic mass is 10.3. The van der Waals surface area contributed by atoms with Gasteiger partial charge in [-0.15, -0.1) is 0 Å². The number of hydrogen-bond donors (Lipinski definition) is 0. The average molecular weight is 479 g/mol. The first kappa shape index (κ1) is 25.4. The molecule has 0 unspecified atom stereocenters. The van der Waals surface area contributed by atoms with Crippen LogP contribution in [0.25, 0.3) is 0 Å². The molecular formula is C24H27ClO6S. The number of hydrogen-bond acceptors (Lipinski definition) is 6. The van der Waals surface area contributed by atoms with Gasteiger partial charge >= 0.3 is 0 Å². The molecule has 3 aromatic rings. The Hall–Kier alpha value is -2.90. The van der Waals surface area contributed by atoms with Crippen LogP contribution in [0.2, 0.25) is 0 Å². The highest BCUT2D eigenvalue weighted by atomic mass is 35.5. The molecule has 0 atom stereocenters. The zero-order valence-corrected chi connectivity index (χ0v) is 20.5. The number of ether oxygens (including phenoxy) is 6. The van der Waals surface area contributed by atoms with Crippen LogP contribution >= 0.6 is 0 Å². The third kappa shape index (κ3) is 5.11. The van der Waals surface area contributed by atoms with Gasteiger partial charge in [0.25, 0.3) is 0 Å². The molecule has 32 heavy (non-hydrogen) atoms. The molecule has 0 bridgehead atoms. The summed E-state index contributed by atoms with van der Waals surface area (Å²) in [5.41, 5.74) is 0. The molecule has 0 saturated heterocycles. The lowest BCUT2D eigenvalue weighted by Crippen LogP contribution is -3.00. The molecular weight excluding hydrogens is 452 g/mol. The van der Waals surface area contributed by atoms with Gasteiger partial charge in [-0.1, -0.05) is 0 Å². The second-order valence-electron chi connectivity index (χ2n) is 6.36. The van der Waals surface area contributed by atoms with Crippen molar-refractivity contribution in [2.24, 2.45) is 0 Å². The summed E-state index contributed by atoms with van der Waals surface area (Å²) in [4.78, 5) is 3.16. The summed E-state index contributed by atoms with van der Waals surface area (Å²) in [6.07, 6.45) is 0. The number of rotatable bonds is 9. The Morgan fingerprint density at radius 3 is 0.875 bits per heavy atom. The van der Waals surface area contributed by atoms with Gasteiger partial charge in [0.15, 0.2) is 49.2 Å². The number of methoxy groups -OCH3 is 6. The lowest BCUT2D eigenvalue weighted by Gasteiger charge is -2.14. The molecule has 172 valence electrons. The fraction of sp³-hybridized carbons (Fsp3) is 0.250. The van der Waals surface area contributed by atoms with Crippen LogP contribution in [0.3, 0.4) is 0 Å². The summed E-state index contributed by atoms with van der Waals surface area (Å²) in [5.74, 6) is 4.02. The van der Waals surface area contributed by atoms with Crippen molar-refractivity contribution in [3.05, 3.63) is 54.6 Å². The Morgan fingerprint density at radius 1 is 0.406 bits per heavy atom. The molecule has 0 radical (unpaired) electrons. The van der Waals surface area contributed by atoms with Crippen molar-refractivity contribution < 1.29 is 40.8 Å². The van der Waals surface area contributed by atoms with E-state index in [2.05, 4.69) is 0 Å². The normalized spacial score (nSPS) is 10.2. The first-order valence-electron chi connectivity index (χ1n) is 9.50. The number of halogens is 1. The third-order valence-electron chi connectivity index (χ3n) is 4.77. The van der Waals surface area contributed by atoms with Crippen molar-refractivity contribution in [2.75, 3.05) is 42.7 Å². The predicted molar refractivity (Wildman–Crippen MR) is 121 cm³/mol. The van der Waals surface area contributed by atoms with E-state index in [9.17, 15) is 0 Å². The Bertz CT molecular complexity index is 911. The highest BCUT2D eigenvalue weighted by Gasteiger charge is 2.32. The smallest absolute Gasteiger partial charge is 0.170 e. The molecule has 3 aromatic carbocycles. The summed E-state index contributed by atoms with van der Waals surface area (Å²) < 4.78 is 32.9. The van der Waals surface area contributed by atoms with Crippen LogP contribution in [0, 0.1) is 0 Å². The molecule has 0 aliphatic heterocycles. The van der Waals surface area contributed by atoms with Gasteiger partial charge in [-0.3, -0.25) is 0 Å². The molecule has 0 aromatic heterocycles. The van der Waals surface area contributed by atoms with Crippen molar-refractivity contribution >= 4 is 10.9 Å². The maximum atomic E-state index is 5.55. The molecule has 0 heterocycles. The second kappa shape index (κ2) is 11.6. The van der Waals surface area contributed by atoms with Gasteiger partial charge in [0.05, 0.1) is 53.6 Å². The molecule has 6 nitrogen and oxygen atoms in total. The van der Waals surface area contributed by atoms with Crippen LogP contribution in [0.15, 0.2) is 69.3 Å². The minimum atomic E-state index is -0.488. The van der Waals surface area contributed by atoms with E-state index >= 15 is 0 Å². The van der Waals surface area contributed by atoms with Crippen LogP contribution in [0.5, 0.6) is 34.5 Å². The molecule has 0 spiro atoms. The van der Waals surface area contributed by atoms with Crippen molar-refractivity contribution in [3.8, 4) is 34.5 Å². The quantitative estimate of drug-likeness (QED) is 0.437. The van der Waals surface area contributed by atoms with E-state index < -0.39 is 10.9 Å². The van der Waals surface area contributed by atoms with Gasteiger partial charge in [0, 0.05) is 18.2 Å². The highest BCUT2D eigenvalue weighted by molar-refractivity contribution is 7.97. The third-order valence-corrected chi connectivity index (χ3v) is 6.95. The van der Waals surface area contributed by atoms with E-state index in [1.54, 1.807) is 42.7 Å². The largest absolute Gasteiger partial charge is 1.00 e. The second-order valence-corrected chi connectivity index (χ2v) is 8.38. The topological polar surface area (TPSA) is 55.4 Å². The SMILES string of the molecule is COc1ccc([S+](c2ccc(OC)c(OC)c2)c2ccc(OC)c(OC)c2)cc1OC.[Cl-]. The van der Waals surface area contributed by atoms with Gasteiger partial charge in [-0.25, -0.2) is 0 Å². The summed E-state index contributed by atoms with van der Waals surface area (Å²) in [6, 6.07) is 17.8.